The number of hydrogen-bond acceptors (Lipinski definition) is 8. The first-order chi connectivity index (χ1) is 10.9. The molecule has 3 aromatic heterocycles. The molecule has 0 bridgehead atoms. The fourth-order valence-electron chi connectivity index (χ4n) is 2.49. The topological polar surface area (TPSA) is 100 Å². The fraction of sp³-hybridized carbons (Fsp3) is 0.385. The third-order valence-electron chi connectivity index (χ3n) is 3.64. The molecule has 0 spiro atoms. The number of H-pyrrole nitrogens is 1. The van der Waals surface area contributed by atoms with Gasteiger partial charge in [0, 0.05) is 26.2 Å². The van der Waals surface area contributed by atoms with Crippen molar-refractivity contribution in [1.29, 1.82) is 0 Å². The summed E-state index contributed by atoms with van der Waals surface area (Å²) in [7, 11) is 0. The monoisotopic (exact) mass is 301 g/mol. The van der Waals surface area contributed by atoms with Crippen LogP contribution in [0.25, 0.3) is 11.6 Å². The second-order valence-electron chi connectivity index (χ2n) is 5.06. The molecule has 0 aromatic carbocycles. The van der Waals surface area contributed by atoms with Crippen molar-refractivity contribution in [2.24, 2.45) is 0 Å². The van der Waals surface area contributed by atoms with Crippen molar-refractivity contribution in [3.63, 3.8) is 0 Å². The van der Waals surface area contributed by atoms with E-state index in [-0.39, 0.29) is 0 Å². The number of aromatic amines is 1. The Morgan fingerprint density at radius 3 is 2.86 bits per heavy atom. The molecule has 3 aromatic rings. The fourth-order valence-corrected chi connectivity index (χ4v) is 2.49. The molecule has 0 amide bonds. The highest BCUT2D eigenvalue weighted by molar-refractivity contribution is 5.44. The van der Waals surface area contributed by atoms with E-state index in [1.165, 1.54) is 6.33 Å². The van der Waals surface area contributed by atoms with E-state index in [0.29, 0.717) is 24.0 Å². The van der Waals surface area contributed by atoms with Crippen LogP contribution in [0.4, 0.5) is 5.95 Å². The molecule has 1 saturated heterocycles. The van der Waals surface area contributed by atoms with E-state index in [9.17, 15) is 0 Å². The van der Waals surface area contributed by atoms with E-state index in [1.54, 1.807) is 12.3 Å². The van der Waals surface area contributed by atoms with Crippen LogP contribution in [0.2, 0.25) is 0 Å². The number of hydrogen-bond donors (Lipinski definition) is 1. The summed E-state index contributed by atoms with van der Waals surface area (Å²) in [5.74, 6) is 2.52. The van der Waals surface area contributed by atoms with Gasteiger partial charge < -0.3 is 13.8 Å². The van der Waals surface area contributed by atoms with E-state index in [4.69, 9.17) is 8.94 Å². The first kappa shape index (κ1) is 13.0. The molecule has 1 aliphatic heterocycles. The summed E-state index contributed by atoms with van der Waals surface area (Å²) in [6.45, 7) is 4.21. The van der Waals surface area contributed by atoms with Crippen molar-refractivity contribution >= 4 is 5.95 Å². The highest BCUT2D eigenvalue weighted by Gasteiger charge is 2.21. The van der Waals surface area contributed by atoms with Gasteiger partial charge in [0.05, 0.1) is 12.8 Å². The lowest BCUT2D eigenvalue weighted by atomic mass is 10.3. The van der Waals surface area contributed by atoms with E-state index in [1.807, 2.05) is 6.07 Å². The minimum atomic E-state index is 0.486. The SMILES string of the molecule is c1coc(-c2noc(CN3CCN(c4ncn[nH]4)CC3)n2)c1. The lowest BCUT2D eigenvalue weighted by Crippen LogP contribution is -2.46. The van der Waals surface area contributed by atoms with E-state index in [0.717, 1.165) is 32.1 Å². The van der Waals surface area contributed by atoms with Gasteiger partial charge in [0.25, 0.3) is 0 Å². The van der Waals surface area contributed by atoms with Gasteiger partial charge in [0.2, 0.25) is 17.7 Å². The molecule has 9 heteroatoms. The molecule has 1 N–H and O–H groups in total. The number of anilines is 1. The maximum Gasteiger partial charge on any atom is 0.241 e. The molecule has 0 radical (unpaired) electrons. The second-order valence-corrected chi connectivity index (χ2v) is 5.06. The average molecular weight is 301 g/mol. The molecule has 114 valence electrons. The lowest BCUT2D eigenvalue weighted by Gasteiger charge is -2.33. The third-order valence-corrected chi connectivity index (χ3v) is 3.64. The van der Waals surface area contributed by atoms with Crippen molar-refractivity contribution in [2.75, 3.05) is 31.1 Å². The van der Waals surface area contributed by atoms with Gasteiger partial charge >= 0.3 is 0 Å². The van der Waals surface area contributed by atoms with Crippen LogP contribution in [0.15, 0.2) is 33.7 Å². The van der Waals surface area contributed by atoms with Crippen molar-refractivity contribution in [3.8, 4) is 11.6 Å². The summed E-state index contributed by atoms with van der Waals surface area (Å²) >= 11 is 0. The zero-order valence-electron chi connectivity index (χ0n) is 11.8. The lowest BCUT2D eigenvalue weighted by molar-refractivity contribution is 0.214. The first-order valence-electron chi connectivity index (χ1n) is 7.07. The summed E-state index contributed by atoms with van der Waals surface area (Å²) in [5, 5.41) is 10.7. The summed E-state index contributed by atoms with van der Waals surface area (Å²) in [6.07, 6.45) is 3.12. The second kappa shape index (κ2) is 5.60. The summed E-state index contributed by atoms with van der Waals surface area (Å²) in [5.41, 5.74) is 0. The summed E-state index contributed by atoms with van der Waals surface area (Å²) in [4.78, 5) is 13.0. The molecular formula is C13H15N7O2. The Morgan fingerprint density at radius 2 is 2.14 bits per heavy atom. The normalized spacial score (nSPS) is 16.3. The minimum absolute atomic E-state index is 0.486. The zero-order valence-corrected chi connectivity index (χ0v) is 11.8. The molecule has 0 saturated carbocycles. The highest BCUT2D eigenvalue weighted by atomic mass is 16.5. The molecule has 0 aliphatic carbocycles. The standard InChI is InChI=1S/C13H15N7O2/c1-2-10(21-7-1)12-16-11(22-18-12)8-19-3-5-20(6-4-19)13-14-9-15-17-13/h1-2,7,9H,3-6,8H2,(H,14,15,17). The molecule has 0 unspecified atom stereocenters. The highest BCUT2D eigenvalue weighted by Crippen LogP contribution is 2.17. The van der Waals surface area contributed by atoms with Gasteiger partial charge in [0.15, 0.2) is 5.76 Å². The van der Waals surface area contributed by atoms with E-state index < -0.39 is 0 Å². The molecule has 9 nitrogen and oxygen atoms in total. The first-order valence-corrected chi connectivity index (χ1v) is 7.07. The number of nitrogens with one attached hydrogen (secondary N) is 1. The predicted molar refractivity (Wildman–Crippen MR) is 75.9 cm³/mol. The Bertz CT molecular complexity index is 699. The van der Waals surface area contributed by atoms with E-state index >= 15 is 0 Å². The van der Waals surface area contributed by atoms with Crippen molar-refractivity contribution in [1.82, 2.24) is 30.2 Å². The van der Waals surface area contributed by atoms with Gasteiger partial charge in [-0.25, -0.2) is 5.10 Å². The van der Waals surface area contributed by atoms with Crippen LogP contribution < -0.4 is 4.90 Å². The Labute approximate surface area is 125 Å². The van der Waals surface area contributed by atoms with Gasteiger partial charge in [-0.2, -0.15) is 15.1 Å². The average Bonchev–Trinajstić information content (AvgIpc) is 3.30. The molecule has 1 aliphatic rings. The minimum Gasteiger partial charge on any atom is -0.461 e. The van der Waals surface area contributed by atoms with Crippen LogP contribution >= 0.6 is 0 Å². The maximum absolute atomic E-state index is 5.29. The number of rotatable bonds is 4. The maximum atomic E-state index is 5.29. The molecule has 22 heavy (non-hydrogen) atoms. The van der Waals surface area contributed by atoms with Crippen molar-refractivity contribution in [2.45, 2.75) is 6.54 Å². The van der Waals surface area contributed by atoms with Crippen LogP contribution in [-0.4, -0.2) is 56.4 Å². The van der Waals surface area contributed by atoms with Gasteiger partial charge in [-0.3, -0.25) is 4.90 Å². The molecule has 4 rings (SSSR count). The Kier molecular flexibility index (Phi) is 3.31. The third kappa shape index (κ3) is 2.58. The van der Waals surface area contributed by atoms with E-state index in [2.05, 4.69) is 35.1 Å². The smallest absolute Gasteiger partial charge is 0.241 e. The molecule has 4 heterocycles. The van der Waals surface area contributed by atoms with Gasteiger partial charge in [0.1, 0.15) is 6.33 Å². The van der Waals surface area contributed by atoms with Crippen molar-refractivity contribution in [3.05, 3.63) is 30.6 Å². The number of piperazine rings is 1. The van der Waals surface area contributed by atoms with Crippen LogP contribution in [0.1, 0.15) is 5.89 Å². The largest absolute Gasteiger partial charge is 0.461 e. The molecular weight excluding hydrogens is 286 g/mol. The quantitative estimate of drug-likeness (QED) is 0.754. The van der Waals surface area contributed by atoms with Gasteiger partial charge in [-0.15, -0.1) is 0 Å². The van der Waals surface area contributed by atoms with Gasteiger partial charge in [-0.1, -0.05) is 5.16 Å². The predicted octanol–water partition coefficient (Wildman–Crippen LogP) is 0.770. The number of aromatic nitrogens is 5. The van der Waals surface area contributed by atoms with Crippen LogP contribution in [0, 0.1) is 0 Å². The Morgan fingerprint density at radius 1 is 1.23 bits per heavy atom. The summed E-state index contributed by atoms with van der Waals surface area (Å²) < 4.78 is 10.5. The molecule has 0 atom stereocenters. The number of nitrogens with zero attached hydrogens (tertiary/aromatic N) is 6. The van der Waals surface area contributed by atoms with Gasteiger partial charge in [-0.05, 0) is 12.1 Å². The Hall–Kier alpha value is -2.68. The van der Waals surface area contributed by atoms with Crippen LogP contribution in [0.5, 0.6) is 0 Å². The van der Waals surface area contributed by atoms with Crippen LogP contribution in [0.3, 0.4) is 0 Å². The van der Waals surface area contributed by atoms with Crippen molar-refractivity contribution < 1.29 is 8.94 Å². The molecule has 1 fully saturated rings. The Balaban J connectivity index is 1.35. The van der Waals surface area contributed by atoms with Crippen LogP contribution in [-0.2, 0) is 6.54 Å². The zero-order chi connectivity index (χ0) is 14.8. The summed E-state index contributed by atoms with van der Waals surface area (Å²) in [6, 6.07) is 3.61. The number of furan rings is 1.